The number of rotatable bonds is 4. The summed E-state index contributed by atoms with van der Waals surface area (Å²) >= 11 is 5.94. The third-order valence-corrected chi connectivity index (χ3v) is 5.40. The minimum Gasteiger partial charge on any atom is -0.323 e. The van der Waals surface area contributed by atoms with Gasteiger partial charge >= 0.3 is 6.18 Å². The third-order valence-electron chi connectivity index (χ3n) is 5.07. The highest BCUT2D eigenvalue weighted by molar-refractivity contribution is 6.33. The van der Waals surface area contributed by atoms with Crippen molar-refractivity contribution >= 4 is 34.1 Å². The summed E-state index contributed by atoms with van der Waals surface area (Å²) in [5.41, 5.74) is 0.545. The lowest BCUT2D eigenvalue weighted by atomic mass is 10.2. The van der Waals surface area contributed by atoms with E-state index in [1.165, 1.54) is 10.9 Å². The molecule has 0 aliphatic rings. The van der Waals surface area contributed by atoms with Crippen LogP contribution in [0.25, 0.3) is 16.6 Å². The van der Waals surface area contributed by atoms with Gasteiger partial charge in [-0.05, 0) is 43.7 Å². The van der Waals surface area contributed by atoms with Crippen LogP contribution in [0.4, 0.5) is 18.9 Å². The SMILES string of the molecule is Cc1ccccc1-n1ncc2c(C)nn(CC(=O)Nc3cc(C(F)(F)F)ccc3Cl)c(=O)c21. The van der Waals surface area contributed by atoms with Crippen LogP contribution in [-0.2, 0) is 17.5 Å². The summed E-state index contributed by atoms with van der Waals surface area (Å²) in [5, 5.41) is 11.3. The van der Waals surface area contributed by atoms with E-state index in [0.29, 0.717) is 16.8 Å². The minimum absolute atomic E-state index is 0.0686. The molecule has 0 fully saturated rings. The van der Waals surface area contributed by atoms with Crippen molar-refractivity contribution in [1.82, 2.24) is 19.6 Å². The van der Waals surface area contributed by atoms with Crippen molar-refractivity contribution in [3.63, 3.8) is 0 Å². The maximum absolute atomic E-state index is 13.2. The number of nitrogens with one attached hydrogen (secondary N) is 1. The summed E-state index contributed by atoms with van der Waals surface area (Å²) in [5.74, 6) is -0.758. The van der Waals surface area contributed by atoms with Crippen molar-refractivity contribution in [3.8, 4) is 5.69 Å². The number of aryl methyl sites for hydroxylation is 2. The lowest BCUT2D eigenvalue weighted by Crippen LogP contribution is -2.31. The van der Waals surface area contributed by atoms with E-state index in [1.807, 2.05) is 31.2 Å². The van der Waals surface area contributed by atoms with Crippen LogP contribution in [0.5, 0.6) is 0 Å². The fourth-order valence-electron chi connectivity index (χ4n) is 3.44. The first-order valence-corrected chi connectivity index (χ1v) is 10.1. The van der Waals surface area contributed by atoms with Crippen LogP contribution in [0.1, 0.15) is 16.8 Å². The molecule has 0 saturated heterocycles. The molecule has 0 aliphatic heterocycles. The van der Waals surface area contributed by atoms with Gasteiger partial charge < -0.3 is 5.32 Å². The smallest absolute Gasteiger partial charge is 0.323 e. The predicted octanol–water partition coefficient (Wildman–Crippen LogP) is 4.51. The number of carbonyl (C=O) groups excluding carboxylic acids is 1. The van der Waals surface area contributed by atoms with Gasteiger partial charge in [-0.15, -0.1) is 0 Å². The molecular formula is C22H17ClF3N5O2. The fraction of sp³-hybridized carbons (Fsp3) is 0.182. The minimum atomic E-state index is -4.60. The number of anilines is 1. The lowest BCUT2D eigenvalue weighted by Gasteiger charge is -2.13. The molecule has 1 amide bonds. The van der Waals surface area contributed by atoms with E-state index in [4.69, 9.17) is 11.6 Å². The Bertz CT molecular complexity index is 1440. The van der Waals surface area contributed by atoms with E-state index in [1.54, 1.807) is 6.92 Å². The second-order valence-corrected chi connectivity index (χ2v) is 7.80. The Kier molecular flexibility index (Phi) is 5.71. The Morgan fingerprint density at radius 1 is 1.15 bits per heavy atom. The van der Waals surface area contributed by atoms with Gasteiger partial charge in [0.2, 0.25) is 5.91 Å². The monoisotopic (exact) mass is 475 g/mol. The first kappa shape index (κ1) is 22.5. The molecule has 33 heavy (non-hydrogen) atoms. The van der Waals surface area contributed by atoms with Crippen LogP contribution in [-0.4, -0.2) is 25.5 Å². The van der Waals surface area contributed by atoms with Gasteiger partial charge in [0, 0.05) is 5.39 Å². The zero-order valence-electron chi connectivity index (χ0n) is 17.4. The van der Waals surface area contributed by atoms with Gasteiger partial charge in [0.1, 0.15) is 12.1 Å². The average molecular weight is 476 g/mol. The molecule has 2 aromatic carbocycles. The predicted molar refractivity (Wildman–Crippen MR) is 118 cm³/mol. The maximum Gasteiger partial charge on any atom is 0.416 e. The van der Waals surface area contributed by atoms with Crippen LogP contribution in [0.15, 0.2) is 53.5 Å². The van der Waals surface area contributed by atoms with E-state index >= 15 is 0 Å². The zero-order chi connectivity index (χ0) is 23.9. The molecule has 0 atom stereocenters. The molecule has 170 valence electrons. The molecule has 0 unspecified atom stereocenters. The number of carbonyl (C=O) groups is 1. The number of hydrogen-bond acceptors (Lipinski definition) is 4. The number of hydrogen-bond donors (Lipinski definition) is 1. The molecular weight excluding hydrogens is 459 g/mol. The van der Waals surface area contributed by atoms with E-state index in [2.05, 4.69) is 15.5 Å². The number of fused-ring (bicyclic) bond motifs is 1. The Morgan fingerprint density at radius 2 is 1.88 bits per heavy atom. The van der Waals surface area contributed by atoms with Crippen molar-refractivity contribution < 1.29 is 18.0 Å². The summed E-state index contributed by atoms with van der Waals surface area (Å²) in [7, 11) is 0. The largest absolute Gasteiger partial charge is 0.416 e. The van der Waals surface area contributed by atoms with Gasteiger partial charge in [-0.3, -0.25) is 9.59 Å². The molecule has 4 aromatic rings. The van der Waals surface area contributed by atoms with Gasteiger partial charge in [-0.1, -0.05) is 29.8 Å². The van der Waals surface area contributed by atoms with Crippen LogP contribution in [0.2, 0.25) is 5.02 Å². The molecule has 0 spiro atoms. The quantitative estimate of drug-likeness (QED) is 0.471. The molecule has 0 aliphatic carbocycles. The molecule has 2 heterocycles. The van der Waals surface area contributed by atoms with Crippen molar-refractivity contribution in [2.75, 3.05) is 5.32 Å². The maximum atomic E-state index is 13.2. The highest BCUT2D eigenvalue weighted by Crippen LogP contribution is 2.33. The summed E-state index contributed by atoms with van der Waals surface area (Å²) < 4.78 is 41.4. The molecule has 11 heteroatoms. The van der Waals surface area contributed by atoms with E-state index in [9.17, 15) is 22.8 Å². The molecule has 7 nitrogen and oxygen atoms in total. The van der Waals surface area contributed by atoms with Crippen LogP contribution in [0, 0.1) is 13.8 Å². The van der Waals surface area contributed by atoms with Gasteiger partial charge in [0.25, 0.3) is 5.56 Å². The molecule has 0 radical (unpaired) electrons. The number of aromatic nitrogens is 4. The summed E-state index contributed by atoms with van der Waals surface area (Å²) in [6, 6.07) is 9.95. The highest BCUT2D eigenvalue weighted by atomic mass is 35.5. The van der Waals surface area contributed by atoms with E-state index < -0.39 is 29.8 Å². The molecule has 2 aromatic heterocycles. The van der Waals surface area contributed by atoms with Crippen LogP contribution >= 0.6 is 11.6 Å². The summed E-state index contributed by atoms with van der Waals surface area (Å²) in [6.07, 6.45) is -3.07. The third kappa shape index (κ3) is 4.34. The Labute approximate surface area is 190 Å². The van der Waals surface area contributed by atoms with Gasteiger partial charge in [-0.2, -0.15) is 23.4 Å². The molecule has 0 bridgehead atoms. The van der Waals surface area contributed by atoms with Gasteiger partial charge in [0.05, 0.1) is 33.9 Å². The van der Waals surface area contributed by atoms with Crippen molar-refractivity contribution in [3.05, 3.63) is 80.9 Å². The van der Waals surface area contributed by atoms with Crippen LogP contribution < -0.4 is 10.9 Å². The van der Waals surface area contributed by atoms with Crippen molar-refractivity contribution in [2.24, 2.45) is 0 Å². The topological polar surface area (TPSA) is 81.8 Å². The van der Waals surface area contributed by atoms with Crippen LogP contribution in [0.3, 0.4) is 0 Å². The van der Waals surface area contributed by atoms with Crippen molar-refractivity contribution in [2.45, 2.75) is 26.6 Å². The Balaban J connectivity index is 1.70. The highest BCUT2D eigenvalue weighted by Gasteiger charge is 2.31. The molecule has 0 saturated carbocycles. The van der Waals surface area contributed by atoms with Gasteiger partial charge in [-0.25, -0.2) is 9.36 Å². The number of nitrogens with zero attached hydrogens (tertiary/aromatic N) is 4. The number of alkyl halides is 3. The van der Waals surface area contributed by atoms with Gasteiger partial charge in [0.15, 0.2) is 0 Å². The van der Waals surface area contributed by atoms with E-state index in [-0.39, 0.29) is 16.2 Å². The molecule has 4 rings (SSSR count). The second kappa shape index (κ2) is 8.36. The Hall–Kier alpha value is -3.66. The normalized spacial score (nSPS) is 11.7. The number of para-hydroxylation sites is 1. The first-order chi connectivity index (χ1) is 15.6. The second-order valence-electron chi connectivity index (χ2n) is 7.39. The zero-order valence-corrected chi connectivity index (χ0v) is 18.2. The van der Waals surface area contributed by atoms with E-state index in [0.717, 1.165) is 28.4 Å². The average Bonchev–Trinajstić information content (AvgIpc) is 3.18. The fourth-order valence-corrected chi connectivity index (χ4v) is 3.60. The Morgan fingerprint density at radius 3 is 2.58 bits per heavy atom. The summed E-state index contributed by atoms with van der Waals surface area (Å²) in [6.45, 7) is 3.02. The first-order valence-electron chi connectivity index (χ1n) is 9.74. The lowest BCUT2D eigenvalue weighted by molar-refractivity contribution is -0.137. The van der Waals surface area contributed by atoms with Crippen molar-refractivity contribution in [1.29, 1.82) is 0 Å². The number of amides is 1. The summed E-state index contributed by atoms with van der Waals surface area (Å²) in [4.78, 5) is 25.7. The standard InChI is InChI=1S/C22H17ClF3N5O2/c1-12-5-3-4-6-18(12)31-20-15(10-27-31)13(2)29-30(21(20)33)11-19(32)28-17-9-14(22(24,25)26)7-8-16(17)23/h3-10H,11H2,1-2H3,(H,28,32). The molecule has 1 N–H and O–H groups in total. The number of benzene rings is 2. The number of halogens is 4.